The van der Waals surface area contributed by atoms with Gasteiger partial charge in [0.1, 0.15) is 5.82 Å². The standard InChI is InChI=1S/C26H32ClN5O4/c1-15(13-30-14-18(27)12-28-30)24-29-23-20-9-4-16(2)31(26(35)36-3)21(20)10-11-22(23)32(24)19-7-5-17(6-8-19)25(33)34/h10-12,14-17,19H,4-9,13H2,1-3H3,(H,33,34)/t15?,16-,17?,19?/m0/s1. The number of carboxylic acid groups (broad SMARTS) is 1. The van der Waals surface area contributed by atoms with Gasteiger partial charge in [-0.25, -0.2) is 9.78 Å². The molecule has 10 heteroatoms. The van der Waals surface area contributed by atoms with Gasteiger partial charge in [0.2, 0.25) is 0 Å². The summed E-state index contributed by atoms with van der Waals surface area (Å²) in [4.78, 5) is 31.1. The molecular formula is C26H32ClN5O4. The van der Waals surface area contributed by atoms with Gasteiger partial charge in [-0.15, -0.1) is 0 Å². The molecule has 5 rings (SSSR count). The number of aryl methyl sites for hydroxylation is 1. The number of hydrogen-bond donors (Lipinski definition) is 1. The lowest BCUT2D eigenvalue weighted by Gasteiger charge is -2.34. The third-order valence-corrected chi connectivity index (χ3v) is 7.96. The number of carbonyl (C=O) groups is 2. The van der Waals surface area contributed by atoms with Crippen LogP contribution in [0.25, 0.3) is 11.0 Å². The zero-order valence-corrected chi connectivity index (χ0v) is 21.6. The number of carbonyl (C=O) groups excluding carboxylic acids is 1. The van der Waals surface area contributed by atoms with E-state index in [1.54, 1.807) is 17.3 Å². The first-order chi connectivity index (χ1) is 17.3. The molecule has 1 fully saturated rings. The number of imidazole rings is 1. The van der Waals surface area contributed by atoms with E-state index < -0.39 is 5.97 Å². The monoisotopic (exact) mass is 513 g/mol. The number of nitrogens with zero attached hydrogens (tertiary/aromatic N) is 5. The number of anilines is 1. The fraction of sp³-hybridized carbons (Fsp3) is 0.538. The van der Waals surface area contributed by atoms with Crippen molar-refractivity contribution in [2.45, 2.75) is 76.9 Å². The van der Waals surface area contributed by atoms with E-state index in [4.69, 9.17) is 21.3 Å². The van der Waals surface area contributed by atoms with Crippen molar-refractivity contribution in [3.05, 3.63) is 40.9 Å². The van der Waals surface area contributed by atoms with Crippen molar-refractivity contribution in [3.8, 4) is 0 Å². The maximum Gasteiger partial charge on any atom is 0.414 e. The van der Waals surface area contributed by atoms with Gasteiger partial charge in [-0.3, -0.25) is 14.4 Å². The molecule has 0 saturated heterocycles. The summed E-state index contributed by atoms with van der Waals surface area (Å²) in [5, 5.41) is 14.4. The van der Waals surface area contributed by atoms with Gasteiger partial charge in [0.25, 0.3) is 0 Å². The van der Waals surface area contributed by atoms with Crippen LogP contribution in [0.5, 0.6) is 0 Å². The number of aromatic nitrogens is 4. The van der Waals surface area contributed by atoms with E-state index in [2.05, 4.69) is 22.7 Å². The van der Waals surface area contributed by atoms with E-state index >= 15 is 0 Å². The number of ether oxygens (including phenoxy) is 1. The predicted octanol–water partition coefficient (Wildman–Crippen LogP) is 5.41. The Labute approximate surface area is 215 Å². The molecule has 0 radical (unpaired) electrons. The lowest BCUT2D eigenvalue weighted by molar-refractivity contribution is -0.143. The molecule has 0 spiro atoms. The quantitative estimate of drug-likeness (QED) is 0.489. The summed E-state index contributed by atoms with van der Waals surface area (Å²) in [6, 6.07) is 4.27. The van der Waals surface area contributed by atoms with Crippen LogP contribution in [0.3, 0.4) is 0 Å². The number of hydrogen-bond acceptors (Lipinski definition) is 5. The number of amides is 1. The number of methoxy groups -OCH3 is 1. The Kier molecular flexibility index (Phi) is 6.68. The highest BCUT2D eigenvalue weighted by Gasteiger charge is 2.34. The lowest BCUT2D eigenvalue weighted by Crippen LogP contribution is -2.42. The SMILES string of the molecule is COC(=O)N1c2ccc3c(nc(C(C)Cn4cc(Cl)cn4)n3C3CCC(C(=O)O)CC3)c2CC[C@@H]1C. The topological polar surface area (TPSA) is 102 Å². The number of halogens is 1. The van der Waals surface area contributed by atoms with Gasteiger partial charge >= 0.3 is 12.1 Å². The summed E-state index contributed by atoms with van der Waals surface area (Å²) in [5.74, 6) is -0.00218. The Morgan fingerprint density at radius 2 is 1.97 bits per heavy atom. The average molecular weight is 514 g/mol. The Morgan fingerprint density at radius 3 is 2.61 bits per heavy atom. The zero-order valence-electron chi connectivity index (χ0n) is 20.9. The minimum absolute atomic E-state index is 0.0405. The van der Waals surface area contributed by atoms with Gasteiger partial charge < -0.3 is 14.4 Å². The highest BCUT2D eigenvalue weighted by atomic mass is 35.5. The Balaban J connectivity index is 1.60. The van der Waals surface area contributed by atoms with Crippen LogP contribution >= 0.6 is 11.6 Å². The van der Waals surface area contributed by atoms with E-state index in [1.807, 2.05) is 17.7 Å². The molecule has 1 saturated carbocycles. The molecule has 2 aromatic heterocycles. The second-order valence-corrected chi connectivity index (χ2v) is 10.6. The summed E-state index contributed by atoms with van der Waals surface area (Å²) in [6.07, 6.45) is 7.61. The Morgan fingerprint density at radius 1 is 1.22 bits per heavy atom. The molecule has 3 heterocycles. The molecule has 1 aliphatic heterocycles. The molecule has 1 amide bonds. The van der Waals surface area contributed by atoms with Crippen molar-refractivity contribution >= 4 is 40.4 Å². The molecule has 1 aromatic carbocycles. The number of carboxylic acids is 1. The van der Waals surface area contributed by atoms with Gasteiger partial charge in [0.05, 0.1) is 47.5 Å². The molecule has 1 aliphatic carbocycles. The first-order valence-corrected chi connectivity index (χ1v) is 13.0. The largest absolute Gasteiger partial charge is 0.481 e. The first kappa shape index (κ1) is 24.6. The molecule has 9 nitrogen and oxygen atoms in total. The maximum atomic E-state index is 12.6. The summed E-state index contributed by atoms with van der Waals surface area (Å²) in [7, 11) is 1.41. The van der Waals surface area contributed by atoms with Crippen LogP contribution in [-0.2, 0) is 22.5 Å². The molecule has 1 unspecified atom stereocenters. The third kappa shape index (κ3) is 4.34. The Hall–Kier alpha value is -3.07. The number of rotatable bonds is 5. The molecule has 0 bridgehead atoms. The molecule has 36 heavy (non-hydrogen) atoms. The molecule has 192 valence electrons. The second kappa shape index (κ2) is 9.76. The normalized spacial score (nSPS) is 22.9. The average Bonchev–Trinajstić information content (AvgIpc) is 3.46. The van der Waals surface area contributed by atoms with Crippen LogP contribution < -0.4 is 4.90 Å². The van der Waals surface area contributed by atoms with Gasteiger partial charge in [-0.1, -0.05) is 18.5 Å². The smallest absolute Gasteiger partial charge is 0.414 e. The van der Waals surface area contributed by atoms with Gasteiger partial charge in [0.15, 0.2) is 0 Å². The summed E-state index contributed by atoms with van der Waals surface area (Å²) >= 11 is 6.09. The third-order valence-electron chi connectivity index (χ3n) is 7.77. The highest BCUT2D eigenvalue weighted by molar-refractivity contribution is 6.30. The van der Waals surface area contributed by atoms with Crippen molar-refractivity contribution in [2.24, 2.45) is 5.92 Å². The second-order valence-electron chi connectivity index (χ2n) is 10.1. The van der Waals surface area contributed by atoms with Crippen molar-refractivity contribution in [3.63, 3.8) is 0 Å². The zero-order chi connectivity index (χ0) is 25.6. The van der Waals surface area contributed by atoms with Crippen LogP contribution in [0.2, 0.25) is 5.02 Å². The minimum Gasteiger partial charge on any atom is -0.481 e. The summed E-state index contributed by atoms with van der Waals surface area (Å²) < 4.78 is 9.23. The van der Waals surface area contributed by atoms with E-state index in [1.165, 1.54) is 7.11 Å². The van der Waals surface area contributed by atoms with Gasteiger partial charge in [-0.05, 0) is 57.6 Å². The Bertz CT molecular complexity index is 1290. The minimum atomic E-state index is -0.709. The van der Waals surface area contributed by atoms with Crippen LogP contribution in [0.4, 0.5) is 10.5 Å². The molecule has 1 N–H and O–H groups in total. The molecular weight excluding hydrogens is 482 g/mol. The first-order valence-electron chi connectivity index (χ1n) is 12.6. The van der Waals surface area contributed by atoms with E-state index in [0.717, 1.165) is 53.8 Å². The predicted molar refractivity (Wildman–Crippen MR) is 137 cm³/mol. The van der Waals surface area contributed by atoms with Crippen LogP contribution in [0, 0.1) is 5.92 Å². The van der Waals surface area contributed by atoms with Crippen molar-refractivity contribution in [1.82, 2.24) is 19.3 Å². The molecule has 2 aliphatic rings. The van der Waals surface area contributed by atoms with Crippen LogP contribution in [0.1, 0.15) is 69.3 Å². The molecule has 3 aromatic rings. The van der Waals surface area contributed by atoms with E-state index in [9.17, 15) is 14.7 Å². The highest BCUT2D eigenvalue weighted by Crippen LogP contribution is 2.41. The van der Waals surface area contributed by atoms with Gasteiger partial charge in [-0.2, -0.15) is 5.10 Å². The fourth-order valence-electron chi connectivity index (χ4n) is 5.91. The number of aliphatic carboxylic acids is 1. The van der Waals surface area contributed by atoms with Crippen LogP contribution in [-0.4, -0.2) is 49.7 Å². The molecule has 2 atom stereocenters. The maximum absolute atomic E-state index is 12.6. The lowest BCUT2D eigenvalue weighted by atomic mass is 9.85. The van der Waals surface area contributed by atoms with Gasteiger partial charge in [0, 0.05) is 29.8 Å². The van der Waals surface area contributed by atoms with Crippen molar-refractivity contribution in [1.29, 1.82) is 0 Å². The van der Waals surface area contributed by atoms with Crippen molar-refractivity contribution in [2.75, 3.05) is 12.0 Å². The summed E-state index contributed by atoms with van der Waals surface area (Å²) in [5.41, 5.74) is 3.86. The van der Waals surface area contributed by atoms with Crippen LogP contribution in [0.15, 0.2) is 24.5 Å². The number of fused-ring (bicyclic) bond motifs is 3. The summed E-state index contributed by atoms with van der Waals surface area (Å²) in [6.45, 7) is 4.78. The number of benzene rings is 1. The fourth-order valence-corrected chi connectivity index (χ4v) is 6.06. The van der Waals surface area contributed by atoms with E-state index in [0.29, 0.717) is 24.4 Å². The van der Waals surface area contributed by atoms with E-state index in [-0.39, 0.29) is 30.0 Å². The van der Waals surface area contributed by atoms with Crippen molar-refractivity contribution < 1.29 is 19.4 Å².